The topological polar surface area (TPSA) is 17.1 Å². The van der Waals surface area contributed by atoms with Crippen LogP contribution in [0.2, 0.25) is 0 Å². The third-order valence-electron chi connectivity index (χ3n) is 2.41. The average molecular weight is 112 g/mol. The minimum absolute atomic E-state index is 0.715. The molecule has 0 heterocycles. The van der Waals surface area contributed by atoms with Gasteiger partial charge in [0.2, 0.25) is 0 Å². The highest BCUT2D eigenvalue weighted by atomic mass is 16.1. The zero-order valence-electron chi connectivity index (χ0n) is 5.42. The molecular formula is C7H12O. The lowest BCUT2D eigenvalue weighted by Crippen LogP contribution is -1.79. The molecule has 1 fully saturated rings. The summed E-state index contributed by atoms with van der Waals surface area (Å²) >= 11 is 0. The quantitative estimate of drug-likeness (QED) is 0.494. The van der Waals surface area contributed by atoms with Gasteiger partial charge in [0.15, 0.2) is 0 Å². The standard InChI is InChI=1S/C7H12O/c1-5-6(2)7(5)3-4-8/h4-7H,3H2,1-2H3/t5-,6+,7?. The van der Waals surface area contributed by atoms with E-state index in [2.05, 4.69) is 13.8 Å². The lowest BCUT2D eigenvalue weighted by atomic mass is 10.2. The molecule has 0 aromatic rings. The largest absolute Gasteiger partial charge is 0.303 e. The smallest absolute Gasteiger partial charge is 0.120 e. The van der Waals surface area contributed by atoms with Gasteiger partial charge in [-0.05, 0) is 17.8 Å². The van der Waals surface area contributed by atoms with Crippen molar-refractivity contribution in [3.8, 4) is 0 Å². The van der Waals surface area contributed by atoms with Crippen LogP contribution < -0.4 is 0 Å². The summed E-state index contributed by atoms with van der Waals surface area (Å²) in [5.41, 5.74) is 0. The predicted molar refractivity (Wildman–Crippen MR) is 32.5 cm³/mol. The molecule has 0 N–H and O–H groups in total. The Morgan fingerprint density at radius 2 is 1.88 bits per heavy atom. The van der Waals surface area contributed by atoms with Crippen LogP contribution in [0.4, 0.5) is 0 Å². The Hall–Kier alpha value is -0.330. The summed E-state index contributed by atoms with van der Waals surface area (Å²) in [6.45, 7) is 4.41. The van der Waals surface area contributed by atoms with Crippen molar-refractivity contribution in [2.24, 2.45) is 17.8 Å². The van der Waals surface area contributed by atoms with Crippen LogP contribution >= 0.6 is 0 Å². The second-order valence-corrected chi connectivity index (χ2v) is 2.78. The first-order valence-corrected chi connectivity index (χ1v) is 3.21. The molecule has 1 saturated carbocycles. The number of carbonyl (C=O) groups is 1. The van der Waals surface area contributed by atoms with E-state index in [0.717, 1.165) is 24.5 Å². The summed E-state index contributed by atoms with van der Waals surface area (Å²) in [5.74, 6) is 2.33. The van der Waals surface area contributed by atoms with Gasteiger partial charge in [-0.1, -0.05) is 13.8 Å². The van der Waals surface area contributed by atoms with Gasteiger partial charge in [-0.2, -0.15) is 0 Å². The Bertz CT molecular complexity index is 90.6. The summed E-state index contributed by atoms with van der Waals surface area (Å²) in [6, 6.07) is 0. The molecular weight excluding hydrogens is 100 g/mol. The molecule has 0 amide bonds. The van der Waals surface area contributed by atoms with Crippen LogP contribution in [0.15, 0.2) is 0 Å². The Labute approximate surface area is 50.1 Å². The predicted octanol–water partition coefficient (Wildman–Crippen LogP) is 1.48. The maximum atomic E-state index is 9.95. The molecule has 46 valence electrons. The highest BCUT2D eigenvalue weighted by molar-refractivity contribution is 5.50. The van der Waals surface area contributed by atoms with E-state index in [1.807, 2.05) is 0 Å². The molecule has 0 aliphatic heterocycles. The lowest BCUT2D eigenvalue weighted by Gasteiger charge is -1.80. The van der Waals surface area contributed by atoms with Gasteiger partial charge in [-0.15, -0.1) is 0 Å². The third kappa shape index (κ3) is 0.770. The molecule has 1 heteroatoms. The maximum absolute atomic E-state index is 9.95. The van der Waals surface area contributed by atoms with E-state index in [1.165, 1.54) is 0 Å². The molecule has 1 unspecified atom stereocenters. The van der Waals surface area contributed by atoms with Crippen LogP contribution in [0.5, 0.6) is 0 Å². The van der Waals surface area contributed by atoms with Crippen molar-refractivity contribution in [1.29, 1.82) is 0 Å². The van der Waals surface area contributed by atoms with Crippen molar-refractivity contribution in [1.82, 2.24) is 0 Å². The van der Waals surface area contributed by atoms with Gasteiger partial charge in [0.1, 0.15) is 6.29 Å². The number of hydrogen-bond acceptors (Lipinski definition) is 1. The van der Waals surface area contributed by atoms with Crippen molar-refractivity contribution in [2.75, 3.05) is 0 Å². The minimum Gasteiger partial charge on any atom is -0.303 e. The first kappa shape index (κ1) is 5.80. The third-order valence-corrected chi connectivity index (χ3v) is 2.41. The van der Waals surface area contributed by atoms with Gasteiger partial charge in [-0.3, -0.25) is 0 Å². The van der Waals surface area contributed by atoms with Crippen molar-refractivity contribution in [3.63, 3.8) is 0 Å². The summed E-state index contributed by atoms with van der Waals surface area (Å²) < 4.78 is 0. The van der Waals surface area contributed by atoms with Gasteiger partial charge >= 0.3 is 0 Å². The summed E-state index contributed by atoms with van der Waals surface area (Å²) in [6.07, 6.45) is 1.81. The highest BCUT2D eigenvalue weighted by Crippen LogP contribution is 2.46. The maximum Gasteiger partial charge on any atom is 0.120 e. The van der Waals surface area contributed by atoms with Crippen LogP contribution in [0.3, 0.4) is 0 Å². The first-order chi connectivity index (χ1) is 3.77. The van der Waals surface area contributed by atoms with Crippen molar-refractivity contribution < 1.29 is 4.79 Å². The van der Waals surface area contributed by atoms with E-state index in [0.29, 0.717) is 5.92 Å². The van der Waals surface area contributed by atoms with Crippen LogP contribution in [-0.2, 0) is 4.79 Å². The van der Waals surface area contributed by atoms with E-state index in [1.54, 1.807) is 0 Å². The molecule has 1 aliphatic rings. The SMILES string of the molecule is C[C@@H]1C(CC=O)[C@@H]1C. The molecule has 1 nitrogen and oxygen atoms in total. The van der Waals surface area contributed by atoms with Gasteiger partial charge < -0.3 is 4.79 Å². The molecule has 0 radical (unpaired) electrons. The molecule has 0 saturated heterocycles. The molecule has 1 rings (SSSR count). The number of rotatable bonds is 2. The molecule has 0 spiro atoms. The zero-order chi connectivity index (χ0) is 6.15. The van der Waals surface area contributed by atoms with Crippen molar-refractivity contribution in [3.05, 3.63) is 0 Å². The number of hydrogen-bond donors (Lipinski definition) is 0. The second kappa shape index (κ2) is 1.88. The van der Waals surface area contributed by atoms with Gasteiger partial charge in [0.05, 0.1) is 0 Å². The number of carbonyl (C=O) groups excluding carboxylic acids is 1. The Morgan fingerprint density at radius 3 is 2.00 bits per heavy atom. The van der Waals surface area contributed by atoms with Crippen LogP contribution in [-0.4, -0.2) is 6.29 Å². The lowest BCUT2D eigenvalue weighted by molar-refractivity contribution is -0.108. The van der Waals surface area contributed by atoms with Gasteiger partial charge in [-0.25, -0.2) is 0 Å². The fraction of sp³-hybridized carbons (Fsp3) is 0.857. The minimum atomic E-state index is 0.715. The summed E-state index contributed by atoms with van der Waals surface area (Å²) in [5, 5.41) is 0. The molecule has 0 aromatic heterocycles. The van der Waals surface area contributed by atoms with Crippen molar-refractivity contribution in [2.45, 2.75) is 20.3 Å². The average Bonchev–Trinajstić information content (AvgIpc) is 2.25. The van der Waals surface area contributed by atoms with E-state index >= 15 is 0 Å². The van der Waals surface area contributed by atoms with E-state index in [-0.39, 0.29) is 0 Å². The molecule has 0 aromatic carbocycles. The van der Waals surface area contributed by atoms with Crippen LogP contribution in [0.25, 0.3) is 0 Å². The first-order valence-electron chi connectivity index (χ1n) is 3.21. The van der Waals surface area contributed by atoms with E-state index in [9.17, 15) is 4.79 Å². The fourth-order valence-electron chi connectivity index (χ4n) is 1.31. The Kier molecular flexibility index (Phi) is 1.37. The zero-order valence-corrected chi connectivity index (χ0v) is 5.42. The Balaban J connectivity index is 2.22. The van der Waals surface area contributed by atoms with E-state index < -0.39 is 0 Å². The van der Waals surface area contributed by atoms with Gasteiger partial charge in [0, 0.05) is 6.42 Å². The summed E-state index contributed by atoms with van der Waals surface area (Å²) in [4.78, 5) is 9.95. The van der Waals surface area contributed by atoms with Gasteiger partial charge in [0.25, 0.3) is 0 Å². The summed E-state index contributed by atoms with van der Waals surface area (Å²) in [7, 11) is 0. The monoisotopic (exact) mass is 112 g/mol. The second-order valence-electron chi connectivity index (χ2n) is 2.78. The van der Waals surface area contributed by atoms with Crippen molar-refractivity contribution >= 4 is 6.29 Å². The molecule has 1 aliphatic carbocycles. The van der Waals surface area contributed by atoms with Crippen LogP contribution in [0, 0.1) is 17.8 Å². The molecule has 8 heavy (non-hydrogen) atoms. The van der Waals surface area contributed by atoms with E-state index in [4.69, 9.17) is 0 Å². The highest BCUT2D eigenvalue weighted by Gasteiger charge is 2.41. The molecule has 0 bridgehead atoms. The van der Waals surface area contributed by atoms with Crippen LogP contribution in [0.1, 0.15) is 20.3 Å². The molecule has 3 atom stereocenters. The fourth-order valence-corrected chi connectivity index (χ4v) is 1.31. The number of aldehydes is 1. The Morgan fingerprint density at radius 1 is 1.38 bits per heavy atom. The normalized spacial score (nSPS) is 44.0.